The van der Waals surface area contributed by atoms with E-state index in [4.69, 9.17) is 4.98 Å². The Morgan fingerprint density at radius 2 is 1.78 bits per heavy atom. The van der Waals surface area contributed by atoms with Crippen molar-refractivity contribution in [3.63, 3.8) is 0 Å². The maximum Gasteiger partial charge on any atom is 0.159 e. The molecule has 9 heteroatoms. The number of rotatable bonds is 3. The molecule has 8 nitrogen and oxygen atoms in total. The maximum atomic E-state index is 14.4. The van der Waals surface area contributed by atoms with Gasteiger partial charge in [-0.15, -0.1) is 0 Å². The summed E-state index contributed by atoms with van der Waals surface area (Å²) in [6.45, 7) is 0. The molecule has 6 rings (SSSR count). The first kappa shape index (κ1) is 18.1. The van der Waals surface area contributed by atoms with Gasteiger partial charge < -0.3 is 10.1 Å². The highest BCUT2D eigenvalue weighted by Gasteiger charge is 2.18. The highest BCUT2D eigenvalue weighted by molar-refractivity contribution is 5.96. The third-order valence-electron chi connectivity index (χ3n) is 5.23. The topological polar surface area (TPSA) is 116 Å². The van der Waals surface area contributed by atoms with Crippen molar-refractivity contribution < 1.29 is 9.50 Å². The van der Waals surface area contributed by atoms with Crippen LogP contribution in [0.15, 0.2) is 67.3 Å². The average Bonchev–Trinajstić information content (AvgIpc) is 3.43. The number of aromatic hydroxyl groups is 1. The molecule has 0 unspecified atom stereocenters. The van der Waals surface area contributed by atoms with Crippen molar-refractivity contribution in [2.75, 3.05) is 0 Å². The van der Waals surface area contributed by atoms with E-state index < -0.39 is 0 Å². The fraction of sp³-hybridized carbons (Fsp3) is 0. The van der Waals surface area contributed by atoms with Crippen LogP contribution in [0.1, 0.15) is 0 Å². The van der Waals surface area contributed by atoms with Crippen molar-refractivity contribution in [3.8, 4) is 39.7 Å². The van der Waals surface area contributed by atoms with Crippen LogP contribution in [0.5, 0.6) is 5.75 Å². The lowest BCUT2D eigenvalue weighted by atomic mass is 10.1. The Morgan fingerprint density at radius 1 is 0.906 bits per heavy atom. The van der Waals surface area contributed by atoms with Crippen molar-refractivity contribution in [3.05, 3.63) is 73.1 Å². The Morgan fingerprint density at radius 3 is 2.66 bits per heavy atom. The van der Waals surface area contributed by atoms with Gasteiger partial charge in [-0.1, -0.05) is 12.1 Å². The number of nitrogens with one attached hydrogen (secondary N) is 2. The van der Waals surface area contributed by atoms with Crippen molar-refractivity contribution >= 4 is 22.1 Å². The van der Waals surface area contributed by atoms with E-state index in [1.54, 1.807) is 48.9 Å². The highest BCUT2D eigenvalue weighted by Crippen LogP contribution is 2.32. The molecular formula is C23H14FN7O. The lowest BCUT2D eigenvalue weighted by Crippen LogP contribution is -1.89. The monoisotopic (exact) mass is 423 g/mol. The summed E-state index contributed by atoms with van der Waals surface area (Å²) in [5, 5.41) is 17.8. The Labute approximate surface area is 179 Å². The zero-order valence-electron chi connectivity index (χ0n) is 16.4. The number of aromatic amines is 2. The fourth-order valence-electron chi connectivity index (χ4n) is 3.73. The summed E-state index contributed by atoms with van der Waals surface area (Å²) in [5.41, 5.74) is 4.74. The van der Waals surface area contributed by atoms with Crippen molar-refractivity contribution in [2.45, 2.75) is 0 Å². The first-order valence-corrected chi connectivity index (χ1v) is 9.76. The number of hydrogen-bond donors (Lipinski definition) is 3. The van der Waals surface area contributed by atoms with Crippen LogP contribution in [0.4, 0.5) is 4.39 Å². The zero-order valence-corrected chi connectivity index (χ0v) is 16.4. The van der Waals surface area contributed by atoms with Gasteiger partial charge in [0.05, 0.1) is 17.1 Å². The number of benzene rings is 1. The van der Waals surface area contributed by atoms with E-state index >= 15 is 0 Å². The molecule has 0 spiro atoms. The first-order valence-electron chi connectivity index (χ1n) is 9.76. The predicted octanol–water partition coefficient (Wildman–Crippen LogP) is 4.47. The summed E-state index contributed by atoms with van der Waals surface area (Å²) in [4.78, 5) is 20.8. The van der Waals surface area contributed by atoms with Gasteiger partial charge in [0, 0.05) is 35.3 Å². The molecule has 0 fully saturated rings. The van der Waals surface area contributed by atoms with Gasteiger partial charge in [-0.2, -0.15) is 5.10 Å². The van der Waals surface area contributed by atoms with Crippen molar-refractivity contribution in [2.24, 2.45) is 0 Å². The number of pyridine rings is 3. The van der Waals surface area contributed by atoms with Crippen LogP contribution in [-0.4, -0.2) is 40.2 Å². The van der Waals surface area contributed by atoms with Crippen LogP contribution >= 0.6 is 0 Å². The summed E-state index contributed by atoms with van der Waals surface area (Å²) < 4.78 is 14.4. The summed E-state index contributed by atoms with van der Waals surface area (Å²) in [5.74, 6) is 0.209. The highest BCUT2D eigenvalue weighted by atomic mass is 19.1. The number of hydrogen-bond acceptors (Lipinski definition) is 6. The van der Waals surface area contributed by atoms with E-state index in [-0.39, 0.29) is 11.6 Å². The van der Waals surface area contributed by atoms with Crippen LogP contribution in [0.3, 0.4) is 0 Å². The van der Waals surface area contributed by atoms with E-state index in [9.17, 15) is 9.50 Å². The Bertz CT molecular complexity index is 1620. The number of aromatic nitrogens is 7. The maximum absolute atomic E-state index is 14.4. The predicted molar refractivity (Wildman–Crippen MR) is 117 cm³/mol. The summed E-state index contributed by atoms with van der Waals surface area (Å²) in [6, 6.07) is 11.8. The third kappa shape index (κ3) is 2.87. The van der Waals surface area contributed by atoms with Crippen LogP contribution in [0.2, 0.25) is 0 Å². The van der Waals surface area contributed by atoms with Gasteiger partial charge >= 0.3 is 0 Å². The standard InChI is InChI=1S/C23H14FN7O/c24-17-4-2-1-3-15(17)19-21-18(5-6-26-19)28-23(29-21)20-16-8-13(10-27-22(16)31-30-20)12-7-14(32)11-25-9-12/h1-11,32H,(H,28,29)(H,27,30,31). The second-order valence-electron chi connectivity index (χ2n) is 7.25. The molecule has 0 aliphatic carbocycles. The SMILES string of the molecule is Oc1cncc(-c2cnc3[nH]nc(-c4nc5c(-c6ccccc6F)nccc5[nH]4)c3c2)c1. The van der Waals surface area contributed by atoms with Crippen molar-refractivity contribution in [1.29, 1.82) is 0 Å². The molecule has 32 heavy (non-hydrogen) atoms. The molecule has 1 aromatic carbocycles. The minimum atomic E-state index is -0.365. The molecule has 0 radical (unpaired) electrons. The lowest BCUT2D eigenvalue weighted by molar-refractivity contribution is 0.473. The summed E-state index contributed by atoms with van der Waals surface area (Å²) in [7, 11) is 0. The molecule has 0 aliphatic heterocycles. The molecule has 0 saturated carbocycles. The van der Waals surface area contributed by atoms with Crippen molar-refractivity contribution in [1.82, 2.24) is 35.1 Å². The van der Waals surface area contributed by atoms with E-state index in [1.807, 2.05) is 6.07 Å². The van der Waals surface area contributed by atoms with Crippen LogP contribution in [0, 0.1) is 5.82 Å². The van der Waals surface area contributed by atoms with Gasteiger partial charge in [-0.3, -0.25) is 15.1 Å². The molecule has 0 atom stereocenters. The lowest BCUT2D eigenvalue weighted by Gasteiger charge is -2.02. The molecule has 0 amide bonds. The van der Waals surface area contributed by atoms with E-state index in [1.165, 1.54) is 12.3 Å². The van der Waals surface area contributed by atoms with Crippen LogP contribution in [-0.2, 0) is 0 Å². The Kier molecular flexibility index (Phi) is 3.94. The minimum Gasteiger partial charge on any atom is -0.506 e. The van der Waals surface area contributed by atoms with Crippen LogP contribution < -0.4 is 0 Å². The molecule has 5 aromatic heterocycles. The average molecular weight is 423 g/mol. The van der Waals surface area contributed by atoms with Gasteiger partial charge in [-0.25, -0.2) is 14.4 Å². The molecule has 154 valence electrons. The minimum absolute atomic E-state index is 0.0699. The summed E-state index contributed by atoms with van der Waals surface area (Å²) >= 11 is 0. The zero-order chi connectivity index (χ0) is 21.7. The van der Waals surface area contributed by atoms with E-state index in [2.05, 4.69) is 30.1 Å². The number of H-pyrrole nitrogens is 2. The molecule has 0 saturated heterocycles. The molecule has 0 bridgehead atoms. The summed E-state index contributed by atoms with van der Waals surface area (Å²) in [6.07, 6.45) is 6.31. The van der Waals surface area contributed by atoms with Gasteiger partial charge in [0.1, 0.15) is 28.5 Å². The van der Waals surface area contributed by atoms with Gasteiger partial charge in [-0.05, 0) is 30.3 Å². The fourth-order valence-corrected chi connectivity index (χ4v) is 3.73. The van der Waals surface area contributed by atoms with Gasteiger partial charge in [0.15, 0.2) is 11.5 Å². The second kappa shape index (κ2) is 6.95. The largest absolute Gasteiger partial charge is 0.506 e. The molecule has 0 aliphatic rings. The van der Waals surface area contributed by atoms with E-state index in [0.717, 1.165) is 16.5 Å². The second-order valence-corrected chi connectivity index (χ2v) is 7.25. The van der Waals surface area contributed by atoms with E-state index in [0.29, 0.717) is 39.5 Å². The van der Waals surface area contributed by atoms with Gasteiger partial charge in [0.2, 0.25) is 0 Å². The number of fused-ring (bicyclic) bond motifs is 2. The van der Waals surface area contributed by atoms with Crippen LogP contribution in [0.25, 0.3) is 56.0 Å². The molecule has 5 heterocycles. The quantitative estimate of drug-likeness (QED) is 0.387. The Hall–Kier alpha value is -4.66. The molecule has 6 aromatic rings. The smallest absolute Gasteiger partial charge is 0.159 e. The Balaban J connectivity index is 1.52. The number of nitrogens with zero attached hydrogens (tertiary/aromatic N) is 5. The number of imidazole rings is 1. The number of halogens is 1. The molecular weight excluding hydrogens is 409 g/mol. The first-order chi connectivity index (χ1) is 15.7. The molecule has 3 N–H and O–H groups in total. The normalized spacial score (nSPS) is 11.4. The van der Waals surface area contributed by atoms with Gasteiger partial charge in [0.25, 0.3) is 0 Å². The third-order valence-corrected chi connectivity index (χ3v) is 5.23.